The third kappa shape index (κ3) is 10.7. The molecule has 0 aliphatic rings. The normalized spacial score (nSPS) is 14.7. The highest BCUT2D eigenvalue weighted by Crippen LogP contribution is 2.97. The second-order valence-corrected chi connectivity index (χ2v) is 7.83. The lowest BCUT2D eigenvalue weighted by atomic mass is 10.1. The summed E-state index contributed by atoms with van der Waals surface area (Å²) in [6.45, 7) is 0.322. The second kappa shape index (κ2) is 6.46. The summed E-state index contributed by atoms with van der Waals surface area (Å²) in [5, 5.41) is 2.62. The number of rotatable bonds is 9. The molecule has 1 aromatic rings. The first-order valence-electron chi connectivity index (χ1n) is 6.90. The number of unbranched alkanes of at least 4 members (excludes halogenated alkanes) is 1. The molecule has 0 heterocycles. The van der Waals surface area contributed by atoms with Crippen molar-refractivity contribution in [3.63, 3.8) is 0 Å². The van der Waals surface area contributed by atoms with Gasteiger partial charge in [-0.3, -0.25) is 9.59 Å². The summed E-state index contributed by atoms with van der Waals surface area (Å²) < 4.78 is 60.4. The number of hydrogen-bond acceptors (Lipinski definition) is 2. The Kier molecular flexibility index (Phi) is 5.45. The molecule has 1 N–H and O–H groups in total. The van der Waals surface area contributed by atoms with Crippen molar-refractivity contribution < 1.29 is 29.0 Å². The summed E-state index contributed by atoms with van der Waals surface area (Å²) in [4.78, 5) is 22.5. The topological polar surface area (TPSA) is 46.2 Å². The number of amides is 1. The zero-order valence-corrected chi connectivity index (χ0v) is 13.1. The Balaban J connectivity index is 2.20. The fraction of sp³-hybridized carbons (Fsp3) is 0.429. The molecule has 0 spiro atoms. The Bertz CT molecular complexity index is 559. The standard InChI is InChI=1S/C14H18F5NO2S/c15-23(16,17,18,19)11-13(21)8-4-5-9-14(22)20-10-12-6-2-1-3-7-12/h1-3,6-7H,4-5,8-11H2,(H,20,22). The molecule has 0 saturated heterocycles. The maximum absolute atomic E-state index is 12.1. The molecule has 0 radical (unpaired) electrons. The largest absolute Gasteiger partial charge is 0.352 e. The molecule has 0 bridgehead atoms. The lowest BCUT2D eigenvalue weighted by molar-refractivity contribution is -0.122. The molecule has 1 amide bonds. The van der Waals surface area contributed by atoms with Crippen LogP contribution < -0.4 is 5.32 Å². The number of hydrogen-bond donors (Lipinski definition) is 1. The molecule has 0 fully saturated rings. The fourth-order valence-electron chi connectivity index (χ4n) is 1.87. The number of halogens is 5. The van der Waals surface area contributed by atoms with Crippen LogP contribution in [-0.4, -0.2) is 17.4 Å². The lowest BCUT2D eigenvalue weighted by Crippen LogP contribution is -2.22. The fourth-order valence-corrected chi connectivity index (χ4v) is 2.62. The maximum Gasteiger partial charge on any atom is 0.292 e. The Morgan fingerprint density at radius 1 is 0.913 bits per heavy atom. The number of Topliss-reactive ketones (excluding diaryl/α,β-unsaturated/α-hetero) is 1. The number of benzene rings is 1. The van der Waals surface area contributed by atoms with E-state index in [4.69, 9.17) is 0 Å². The van der Waals surface area contributed by atoms with Crippen molar-refractivity contribution in [1.82, 2.24) is 5.32 Å². The van der Waals surface area contributed by atoms with Crippen LogP contribution in [0.5, 0.6) is 0 Å². The Hall–Kier alpha value is -1.64. The molecular weight excluding hydrogens is 341 g/mol. The Morgan fingerprint density at radius 3 is 2.04 bits per heavy atom. The molecule has 23 heavy (non-hydrogen) atoms. The third-order valence-corrected chi connectivity index (χ3v) is 3.74. The SMILES string of the molecule is O=C(CCCCC(=O)NCc1ccccc1)CS(F)(F)(F)(F)F. The van der Waals surface area contributed by atoms with E-state index >= 15 is 0 Å². The van der Waals surface area contributed by atoms with E-state index in [2.05, 4.69) is 5.32 Å². The summed E-state index contributed by atoms with van der Waals surface area (Å²) in [6, 6.07) is 9.09. The van der Waals surface area contributed by atoms with Gasteiger partial charge in [0.2, 0.25) is 5.91 Å². The van der Waals surface area contributed by atoms with E-state index in [0.29, 0.717) is 6.54 Å². The summed E-state index contributed by atoms with van der Waals surface area (Å²) in [6.07, 6.45) is -0.466. The molecule has 0 unspecified atom stereocenters. The summed E-state index contributed by atoms with van der Waals surface area (Å²) >= 11 is 0. The Morgan fingerprint density at radius 2 is 1.48 bits per heavy atom. The van der Waals surface area contributed by atoms with Gasteiger partial charge >= 0.3 is 0 Å². The minimum absolute atomic E-state index is 0.0243. The highest BCUT2D eigenvalue weighted by atomic mass is 32.5. The van der Waals surface area contributed by atoms with Crippen molar-refractivity contribution in [2.24, 2.45) is 0 Å². The molecule has 0 atom stereocenters. The quantitative estimate of drug-likeness (QED) is 0.512. The zero-order valence-electron chi connectivity index (χ0n) is 12.2. The molecule has 0 aromatic heterocycles. The summed E-state index contributed by atoms with van der Waals surface area (Å²) in [7, 11) is -9.68. The molecular formula is C14H18F5NO2S. The number of carbonyl (C=O) groups excluding carboxylic acids is 2. The van der Waals surface area contributed by atoms with Crippen LogP contribution in [0.4, 0.5) is 19.4 Å². The average molecular weight is 359 g/mol. The van der Waals surface area contributed by atoms with Crippen molar-refractivity contribution in [2.45, 2.75) is 32.2 Å². The van der Waals surface area contributed by atoms with Gasteiger partial charge in [-0.15, -0.1) is 0 Å². The highest BCUT2D eigenvalue weighted by molar-refractivity contribution is 8.46. The Labute approximate surface area is 131 Å². The minimum Gasteiger partial charge on any atom is -0.352 e. The molecule has 0 aliphatic heterocycles. The van der Waals surface area contributed by atoms with Crippen LogP contribution >= 0.6 is 10.2 Å². The van der Waals surface area contributed by atoms with Crippen molar-refractivity contribution >= 4 is 21.9 Å². The second-order valence-electron chi connectivity index (χ2n) is 5.28. The minimum atomic E-state index is -9.68. The number of ketones is 1. The number of carbonyl (C=O) groups is 2. The molecule has 3 nitrogen and oxygen atoms in total. The van der Waals surface area contributed by atoms with E-state index in [0.717, 1.165) is 5.56 Å². The van der Waals surface area contributed by atoms with Gasteiger partial charge in [0.05, 0.1) is 0 Å². The predicted octanol–water partition coefficient (Wildman–Crippen LogP) is 4.73. The first kappa shape index (κ1) is 19.4. The van der Waals surface area contributed by atoms with Gasteiger partial charge in [-0.2, -0.15) is 0 Å². The molecule has 1 aromatic carbocycles. The van der Waals surface area contributed by atoms with Gasteiger partial charge in [0.15, 0.2) is 5.78 Å². The third-order valence-electron chi connectivity index (χ3n) is 2.88. The van der Waals surface area contributed by atoms with Crippen LogP contribution in [0.15, 0.2) is 30.3 Å². The smallest absolute Gasteiger partial charge is 0.292 e. The molecule has 0 aliphatic carbocycles. The van der Waals surface area contributed by atoms with Crippen LogP contribution in [0.2, 0.25) is 0 Å². The van der Waals surface area contributed by atoms with Gasteiger partial charge in [-0.05, 0) is 18.4 Å². The van der Waals surface area contributed by atoms with Crippen molar-refractivity contribution in [2.75, 3.05) is 5.75 Å². The van der Waals surface area contributed by atoms with Crippen LogP contribution in [0, 0.1) is 0 Å². The van der Waals surface area contributed by atoms with Gasteiger partial charge in [0, 0.05) is 19.4 Å². The molecule has 0 saturated carbocycles. The zero-order chi connectivity index (χ0) is 17.6. The summed E-state index contributed by atoms with van der Waals surface area (Å²) in [5.74, 6) is -4.52. The number of nitrogens with one attached hydrogen (secondary N) is 1. The van der Waals surface area contributed by atoms with Gasteiger partial charge in [0.1, 0.15) is 5.75 Å². The van der Waals surface area contributed by atoms with Crippen LogP contribution in [0.1, 0.15) is 31.2 Å². The first-order chi connectivity index (χ1) is 10.3. The molecule has 132 valence electrons. The monoisotopic (exact) mass is 359 g/mol. The van der Waals surface area contributed by atoms with Crippen molar-refractivity contribution in [3.8, 4) is 0 Å². The maximum atomic E-state index is 12.1. The predicted molar refractivity (Wildman–Crippen MR) is 79.8 cm³/mol. The van der Waals surface area contributed by atoms with Gasteiger partial charge in [-0.25, -0.2) is 0 Å². The molecule has 9 heteroatoms. The van der Waals surface area contributed by atoms with E-state index in [-0.39, 0.29) is 25.2 Å². The first-order valence-corrected chi connectivity index (χ1v) is 9.02. The van der Waals surface area contributed by atoms with E-state index in [1.54, 1.807) is 0 Å². The van der Waals surface area contributed by atoms with Gasteiger partial charge in [-0.1, -0.05) is 49.8 Å². The van der Waals surface area contributed by atoms with Crippen LogP contribution in [0.25, 0.3) is 0 Å². The van der Waals surface area contributed by atoms with E-state index < -0.39 is 28.2 Å². The summed E-state index contributed by atoms with van der Waals surface area (Å²) in [5.41, 5.74) is 0.895. The van der Waals surface area contributed by atoms with Gasteiger partial charge < -0.3 is 5.32 Å². The van der Waals surface area contributed by atoms with E-state index in [1.807, 2.05) is 30.3 Å². The van der Waals surface area contributed by atoms with Crippen molar-refractivity contribution in [1.29, 1.82) is 0 Å². The molecule has 1 rings (SSSR count). The van der Waals surface area contributed by atoms with E-state index in [9.17, 15) is 29.0 Å². The van der Waals surface area contributed by atoms with Crippen LogP contribution in [0.3, 0.4) is 0 Å². The van der Waals surface area contributed by atoms with E-state index in [1.165, 1.54) is 0 Å². The van der Waals surface area contributed by atoms with Crippen molar-refractivity contribution in [3.05, 3.63) is 35.9 Å². The lowest BCUT2D eigenvalue weighted by Gasteiger charge is -2.39. The average Bonchev–Trinajstić information content (AvgIpc) is 2.39. The highest BCUT2D eigenvalue weighted by Gasteiger charge is 2.64. The van der Waals surface area contributed by atoms with Gasteiger partial charge in [0.25, 0.3) is 10.2 Å². The van der Waals surface area contributed by atoms with Crippen LogP contribution in [-0.2, 0) is 16.1 Å².